The summed E-state index contributed by atoms with van der Waals surface area (Å²) in [4.78, 5) is 24.6. The van der Waals surface area contributed by atoms with Crippen molar-refractivity contribution in [1.82, 2.24) is 14.5 Å². The molecule has 3 aromatic rings. The molecule has 1 aliphatic rings. The number of nitrogens with two attached hydrogens (primary N) is 1. The summed E-state index contributed by atoms with van der Waals surface area (Å²) in [6.45, 7) is 4.43. The second-order valence-electron chi connectivity index (χ2n) is 9.58. The predicted molar refractivity (Wildman–Crippen MR) is 156 cm³/mol. The van der Waals surface area contributed by atoms with Crippen LogP contribution in [0.3, 0.4) is 0 Å². The van der Waals surface area contributed by atoms with E-state index in [4.69, 9.17) is 25.0 Å². The maximum atomic E-state index is 13.0. The molecule has 1 fully saturated rings. The first kappa shape index (κ1) is 29.6. The number of oxime groups is 1. The summed E-state index contributed by atoms with van der Waals surface area (Å²) in [6.07, 6.45) is 5.19. The van der Waals surface area contributed by atoms with Gasteiger partial charge in [0.1, 0.15) is 18.2 Å². The number of fused-ring (bicyclic) bond motifs is 1. The van der Waals surface area contributed by atoms with Crippen molar-refractivity contribution in [3.8, 4) is 0 Å². The van der Waals surface area contributed by atoms with Crippen LogP contribution in [0, 0.1) is 11.7 Å². The van der Waals surface area contributed by atoms with Crippen LogP contribution in [0.15, 0.2) is 59.4 Å². The highest BCUT2D eigenvalue weighted by molar-refractivity contribution is 7.80. The number of nitrogens with zero attached hydrogens (tertiary/aromatic N) is 4. The number of allylic oxidation sites excluding steroid dienone is 2. The largest absolute Gasteiger partial charge is 0.465 e. The van der Waals surface area contributed by atoms with Crippen LogP contribution in [0.2, 0.25) is 0 Å². The van der Waals surface area contributed by atoms with Crippen molar-refractivity contribution < 1.29 is 23.5 Å². The number of hydrogen-bond acceptors (Lipinski definition) is 9. The number of esters is 1. The average molecular weight is 570 g/mol. The topological polar surface area (TPSA) is 104 Å². The number of piperidine rings is 1. The fraction of sp³-hybridized carbons (Fsp3) is 0.414. The van der Waals surface area contributed by atoms with Gasteiger partial charge in [0.15, 0.2) is 0 Å². The lowest BCUT2D eigenvalue weighted by molar-refractivity contribution is 0.0601. The number of thiol groups is 1. The zero-order valence-electron chi connectivity index (χ0n) is 22.7. The van der Waals surface area contributed by atoms with Crippen LogP contribution in [-0.2, 0) is 34.0 Å². The maximum Gasteiger partial charge on any atom is 0.337 e. The summed E-state index contributed by atoms with van der Waals surface area (Å²) in [5, 5.41) is 3.94. The molecule has 0 radical (unpaired) electrons. The lowest BCUT2D eigenvalue weighted by Crippen LogP contribution is -2.35. The molecule has 11 heteroatoms. The van der Waals surface area contributed by atoms with Crippen LogP contribution < -0.4 is 5.73 Å². The second-order valence-corrected chi connectivity index (χ2v) is 10.0. The third-order valence-corrected chi connectivity index (χ3v) is 7.10. The first-order chi connectivity index (χ1) is 19.5. The molecular weight excluding hydrogens is 533 g/mol. The molecular formula is C29H36FN5O4S. The van der Waals surface area contributed by atoms with E-state index in [9.17, 15) is 9.18 Å². The van der Waals surface area contributed by atoms with Gasteiger partial charge in [-0.2, -0.15) is 12.6 Å². The van der Waals surface area contributed by atoms with Crippen LogP contribution in [0.1, 0.15) is 34.6 Å². The minimum atomic E-state index is -0.375. The highest BCUT2D eigenvalue weighted by Gasteiger charge is 2.23. The number of benzene rings is 2. The summed E-state index contributed by atoms with van der Waals surface area (Å²) in [5.41, 5.74) is 10.2. The van der Waals surface area contributed by atoms with E-state index in [2.05, 4.69) is 27.3 Å². The number of halogens is 1. The van der Waals surface area contributed by atoms with Crippen LogP contribution in [0.4, 0.5) is 4.39 Å². The number of likely N-dealkylation sites (tertiary alicyclic amines) is 1. The van der Waals surface area contributed by atoms with Gasteiger partial charge in [0.05, 0.1) is 49.7 Å². The Morgan fingerprint density at radius 3 is 2.70 bits per heavy atom. The fourth-order valence-corrected chi connectivity index (χ4v) is 4.85. The molecule has 0 unspecified atom stereocenters. The van der Waals surface area contributed by atoms with E-state index in [-0.39, 0.29) is 24.3 Å². The highest BCUT2D eigenvalue weighted by atomic mass is 32.1. The van der Waals surface area contributed by atoms with Gasteiger partial charge < -0.3 is 24.6 Å². The molecule has 0 spiro atoms. The third-order valence-electron chi connectivity index (χ3n) is 6.91. The molecule has 2 aromatic carbocycles. The smallest absolute Gasteiger partial charge is 0.337 e. The molecule has 4 rings (SSSR count). The summed E-state index contributed by atoms with van der Waals surface area (Å²) < 4.78 is 25.7. The van der Waals surface area contributed by atoms with Gasteiger partial charge in [-0.1, -0.05) is 17.3 Å². The normalized spacial score (nSPS) is 15.2. The zero-order chi connectivity index (χ0) is 28.3. The van der Waals surface area contributed by atoms with Gasteiger partial charge in [0, 0.05) is 23.9 Å². The van der Waals surface area contributed by atoms with Gasteiger partial charge in [0.2, 0.25) is 0 Å². The van der Waals surface area contributed by atoms with Crippen molar-refractivity contribution in [2.75, 3.05) is 39.2 Å². The molecule has 1 aliphatic heterocycles. The van der Waals surface area contributed by atoms with E-state index < -0.39 is 0 Å². The highest BCUT2D eigenvalue weighted by Crippen LogP contribution is 2.25. The quantitative estimate of drug-likeness (QED) is 0.105. The van der Waals surface area contributed by atoms with Crippen molar-refractivity contribution >= 4 is 35.8 Å². The Morgan fingerprint density at radius 2 is 1.98 bits per heavy atom. The molecule has 0 bridgehead atoms. The zero-order valence-corrected chi connectivity index (χ0v) is 23.6. The van der Waals surface area contributed by atoms with Gasteiger partial charge >= 0.3 is 5.97 Å². The van der Waals surface area contributed by atoms with Crippen LogP contribution in [-0.4, -0.2) is 65.8 Å². The van der Waals surface area contributed by atoms with Gasteiger partial charge in [-0.3, -0.25) is 4.90 Å². The van der Waals surface area contributed by atoms with Gasteiger partial charge in [-0.05, 0) is 67.9 Å². The molecule has 0 saturated carbocycles. The molecule has 214 valence electrons. The van der Waals surface area contributed by atoms with E-state index in [1.807, 2.05) is 12.1 Å². The van der Waals surface area contributed by atoms with E-state index in [0.29, 0.717) is 37.6 Å². The van der Waals surface area contributed by atoms with Crippen LogP contribution in [0.5, 0.6) is 0 Å². The summed E-state index contributed by atoms with van der Waals surface area (Å²) in [7, 11) is 1.38. The van der Waals surface area contributed by atoms with Crippen molar-refractivity contribution in [1.29, 1.82) is 0 Å². The summed E-state index contributed by atoms with van der Waals surface area (Å²) in [6, 6.07) is 11.5. The van der Waals surface area contributed by atoms with Crippen molar-refractivity contribution in [2.45, 2.75) is 32.5 Å². The number of methoxy groups -OCH3 is 1. The Hall–Kier alpha value is -3.41. The van der Waals surface area contributed by atoms with Crippen LogP contribution in [0.25, 0.3) is 11.0 Å². The monoisotopic (exact) mass is 569 g/mol. The molecule has 9 nitrogen and oxygen atoms in total. The van der Waals surface area contributed by atoms with E-state index >= 15 is 0 Å². The van der Waals surface area contributed by atoms with E-state index in [1.165, 1.54) is 19.2 Å². The number of carbonyl (C=O) groups excluding carboxylic acids is 1. The Morgan fingerprint density at radius 1 is 1.20 bits per heavy atom. The minimum absolute atomic E-state index is 0.260. The Balaban J connectivity index is 1.34. The number of carbonyl (C=O) groups is 1. The number of ether oxygens (including phenoxy) is 2. The molecule has 1 saturated heterocycles. The van der Waals surface area contributed by atoms with Gasteiger partial charge in [0.25, 0.3) is 0 Å². The standard InChI is InChI=1S/C29H36FN5O4S/c1-37-29(36)23-4-7-26-27(18-23)35(14-15-38-16-17-40)28(33-26)19-34-12-9-22(10-13-34)25(31)8-11-32-39-20-21-2-5-24(30)6-3-21/h2-8,11,18,22,40H,9-10,12-17,19-20,31H2,1H3/b25-8-,32-11+. The van der Waals surface area contributed by atoms with Crippen molar-refractivity contribution in [3.05, 3.63) is 77.0 Å². The summed E-state index contributed by atoms with van der Waals surface area (Å²) >= 11 is 4.21. The van der Waals surface area contributed by atoms with Crippen LogP contribution >= 0.6 is 12.6 Å². The number of imidazole rings is 1. The van der Waals surface area contributed by atoms with Crippen molar-refractivity contribution in [2.24, 2.45) is 16.8 Å². The summed E-state index contributed by atoms with van der Waals surface area (Å²) in [5.74, 6) is 1.19. The second kappa shape index (κ2) is 14.8. The number of rotatable bonds is 13. The molecule has 2 N–H and O–H groups in total. The molecule has 2 heterocycles. The SMILES string of the molecule is COC(=O)c1ccc2nc(CN3CCC(/C(N)=C/C=N/OCc4ccc(F)cc4)CC3)n(CCOCCS)c2c1. The predicted octanol–water partition coefficient (Wildman–Crippen LogP) is 4.17. The first-order valence-corrected chi connectivity index (χ1v) is 14.0. The van der Waals surface area contributed by atoms with E-state index in [1.54, 1.807) is 30.5 Å². The molecule has 0 atom stereocenters. The Bertz CT molecular complexity index is 1320. The number of aromatic nitrogens is 2. The lowest BCUT2D eigenvalue weighted by atomic mass is 9.93. The van der Waals surface area contributed by atoms with Crippen molar-refractivity contribution in [3.63, 3.8) is 0 Å². The lowest BCUT2D eigenvalue weighted by Gasteiger charge is -2.32. The van der Waals surface area contributed by atoms with E-state index in [0.717, 1.165) is 54.0 Å². The molecule has 1 aromatic heterocycles. The minimum Gasteiger partial charge on any atom is -0.465 e. The molecule has 40 heavy (non-hydrogen) atoms. The Labute approximate surface area is 239 Å². The first-order valence-electron chi connectivity index (χ1n) is 13.3. The van der Waals surface area contributed by atoms with Gasteiger partial charge in [-0.25, -0.2) is 14.2 Å². The Kier molecular flexibility index (Phi) is 11.0. The maximum absolute atomic E-state index is 13.0. The molecule has 0 aliphatic carbocycles. The number of hydrogen-bond donors (Lipinski definition) is 2. The average Bonchev–Trinajstić information content (AvgIpc) is 3.31. The third kappa shape index (κ3) is 8.06. The molecule has 0 amide bonds. The van der Waals surface area contributed by atoms with Gasteiger partial charge in [-0.15, -0.1) is 0 Å². The fourth-order valence-electron chi connectivity index (χ4n) is 4.72.